The van der Waals surface area contributed by atoms with Crippen molar-refractivity contribution in [3.05, 3.63) is 47.3 Å². The van der Waals surface area contributed by atoms with Gasteiger partial charge in [-0.15, -0.1) is 0 Å². The second-order valence-corrected chi connectivity index (χ2v) is 9.25. The lowest BCUT2D eigenvalue weighted by Crippen LogP contribution is -2.57. The molecule has 4 heterocycles. The number of hydrogen-bond acceptors (Lipinski definition) is 7. The van der Waals surface area contributed by atoms with E-state index in [0.717, 1.165) is 4.90 Å². The van der Waals surface area contributed by atoms with Crippen LogP contribution in [0.25, 0.3) is 11.4 Å². The number of aryl methyl sites for hydroxylation is 3. The summed E-state index contributed by atoms with van der Waals surface area (Å²) in [5, 5.41) is 7.00. The molecule has 0 bridgehead atoms. The van der Waals surface area contributed by atoms with Gasteiger partial charge in [0.05, 0.1) is 23.7 Å². The van der Waals surface area contributed by atoms with Gasteiger partial charge in [-0.25, -0.2) is 28.7 Å². The van der Waals surface area contributed by atoms with Crippen molar-refractivity contribution >= 4 is 11.9 Å². The van der Waals surface area contributed by atoms with Crippen LogP contribution in [0, 0.1) is 19.8 Å². The first-order valence-electron chi connectivity index (χ1n) is 11.4. The fourth-order valence-electron chi connectivity index (χ4n) is 4.43. The Labute approximate surface area is 209 Å². The van der Waals surface area contributed by atoms with Crippen LogP contribution in [0.5, 0.6) is 0 Å². The summed E-state index contributed by atoms with van der Waals surface area (Å²) in [4.78, 5) is 30.8. The molecule has 37 heavy (non-hydrogen) atoms. The van der Waals surface area contributed by atoms with Gasteiger partial charge in [-0.2, -0.15) is 18.3 Å². The van der Waals surface area contributed by atoms with Crippen molar-refractivity contribution in [1.82, 2.24) is 34.6 Å². The molecule has 3 aromatic heterocycles. The molecule has 0 spiro atoms. The van der Waals surface area contributed by atoms with E-state index >= 15 is 0 Å². The van der Waals surface area contributed by atoms with Gasteiger partial charge in [-0.1, -0.05) is 6.92 Å². The number of carbonyl (C=O) groups excluding carboxylic acids is 1. The molecule has 9 nitrogen and oxygen atoms in total. The van der Waals surface area contributed by atoms with E-state index in [-0.39, 0.29) is 24.0 Å². The number of nitrogens with zero attached hydrogens (tertiary/aromatic N) is 7. The monoisotopic (exact) mass is 524 g/mol. The highest BCUT2D eigenvalue weighted by Gasteiger charge is 2.47. The number of piperidine rings is 1. The van der Waals surface area contributed by atoms with E-state index in [0.29, 0.717) is 29.3 Å². The minimum absolute atomic E-state index is 0.0590. The molecule has 1 unspecified atom stereocenters. The number of halogens is 5. The molecule has 1 amide bonds. The van der Waals surface area contributed by atoms with Gasteiger partial charge in [0.1, 0.15) is 0 Å². The third-order valence-electron chi connectivity index (χ3n) is 6.04. The zero-order chi connectivity index (χ0) is 27.1. The molecule has 0 aliphatic carbocycles. The Hall–Kier alpha value is -3.71. The Bertz CT molecular complexity index is 1270. The minimum atomic E-state index is -4.59. The number of amides is 1. The fourth-order valence-corrected chi connectivity index (χ4v) is 4.43. The van der Waals surface area contributed by atoms with Crippen LogP contribution in [-0.2, 0) is 13.2 Å². The van der Waals surface area contributed by atoms with Crippen molar-refractivity contribution in [2.75, 3.05) is 18.4 Å². The Morgan fingerprint density at radius 2 is 1.78 bits per heavy atom. The van der Waals surface area contributed by atoms with E-state index in [1.807, 2.05) is 0 Å². The molecule has 14 heteroatoms. The molecule has 1 N–H and O–H groups in total. The molecule has 198 valence electrons. The standard InChI is InChI=1S/C23H25F5N8O/c1-12-6-22(24,25)11-36(17(12)9-31-21-29-7-15(8-30-21)23(26,27)28)20(37)18-16(10-35(4)34-18)19-32-13(2)5-14(3)33-19/h5,7-8,10,12,17H,6,9,11H2,1-4H3,(H,29,30,31)/t12-,17?/m1/s1. The van der Waals surface area contributed by atoms with E-state index in [9.17, 15) is 26.7 Å². The molecule has 0 radical (unpaired) electrons. The fraction of sp³-hybridized carbons (Fsp3) is 0.478. The number of alkyl halides is 5. The number of rotatable bonds is 5. The van der Waals surface area contributed by atoms with Gasteiger partial charge in [0.25, 0.3) is 11.8 Å². The van der Waals surface area contributed by atoms with Crippen LogP contribution in [0.1, 0.15) is 40.8 Å². The number of hydrogen-bond donors (Lipinski definition) is 1. The molecule has 4 rings (SSSR count). The number of aromatic nitrogens is 6. The van der Waals surface area contributed by atoms with Gasteiger partial charge < -0.3 is 10.2 Å². The predicted octanol–water partition coefficient (Wildman–Crippen LogP) is 3.90. The highest BCUT2D eigenvalue weighted by Crippen LogP contribution is 2.36. The summed E-state index contributed by atoms with van der Waals surface area (Å²) in [7, 11) is 1.59. The van der Waals surface area contributed by atoms with Crippen LogP contribution in [0.15, 0.2) is 24.7 Å². The molecule has 0 saturated carbocycles. The highest BCUT2D eigenvalue weighted by atomic mass is 19.4. The van der Waals surface area contributed by atoms with Crippen molar-refractivity contribution in [1.29, 1.82) is 0 Å². The summed E-state index contributed by atoms with van der Waals surface area (Å²) in [5.74, 6) is -4.39. The third-order valence-corrected chi connectivity index (χ3v) is 6.04. The predicted molar refractivity (Wildman–Crippen MR) is 123 cm³/mol. The largest absolute Gasteiger partial charge is 0.419 e. The average Bonchev–Trinajstić information content (AvgIpc) is 3.18. The van der Waals surface area contributed by atoms with Gasteiger partial charge in [-0.3, -0.25) is 9.48 Å². The summed E-state index contributed by atoms with van der Waals surface area (Å²) >= 11 is 0. The van der Waals surface area contributed by atoms with E-state index < -0.39 is 48.5 Å². The van der Waals surface area contributed by atoms with Crippen LogP contribution >= 0.6 is 0 Å². The smallest absolute Gasteiger partial charge is 0.352 e. The van der Waals surface area contributed by atoms with E-state index in [1.54, 1.807) is 40.1 Å². The van der Waals surface area contributed by atoms with Crippen molar-refractivity contribution in [2.45, 2.75) is 45.3 Å². The van der Waals surface area contributed by atoms with Gasteiger partial charge in [-0.05, 0) is 25.8 Å². The Balaban J connectivity index is 1.63. The lowest BCUT2D eigenvalue weighted by atomic mass is 9.88. The maximum Gasteiger partial charge on any atom is 0.419 e. The van der Waals surface area contributed by atoms with E-state index in [1.165, 1.54) is 4.68 Å². The molecular weight excluding hydrogens is 499 g/mol. The minimum Gasteiger partial charge on any atom is -0.352 e. The van der Waals surface area contributed by atoms with Crippen molar-refractivity contribution in [3.63, 3.8) is 0 Å². The van der Waals surface area contributed by atoms with Gasteiger partial charge in [0.15, 0.2) is 11.5 Å². The molecular formula is C23H25F5N8O. The molecule has 2 atom stereocenters. The molecule has 1 fully saturated rings. The zero-order valence-electron chi connectivity index (χ0n) is 20.5. The van der Waals surface area contributed by atoms with Gasteiger partial charge in [0, 0.05) is 50.0 Å². The van der Waals surface area contributed by atoms with E-state index in [4.69, 9.17) is 0 Å². The normalized spacial score (nSPS) is 19.6. The molecule has 1 aliphatic rings. The van der Waals surface area contributed by atoms with Crippen LogP contribution < -0.4 is 5.32 Å². The topological polar surface area (TPSA) is 102 Å². The quantitative estimate of drug-likeness (QED) is 0.505. The van der Waals surface area contributed by atoms with Crippen molar-refractivity contribution in [3.8, 4) is 11.4 Å². The molecule has 3 aromatic rings. The Kier molecular flexibility index (Phi) is 6.86. The molecule has 1 saturated heterocycles. The maximum atomic E-state index is 14.6. The van der Waals surface area contributed by atoms with Crippen LogP contribution in [0.3, 0.4) is 0 Å². The summed E-state index contributed by atoms with van der Waals surface area (Å²) < 4.78 is 69.0. The van der Waals surface area contributed by atoms with Crippen molar-refractivity contribution in [2.24, 2.45) is 13.0 Å². The summed E-state index contributed by atoms with van der Waals surface area (Å²) in [6.45, 7) is 4.22. The highest BCUT2D eigenvalue weighted by molar-refractivity contribution is 5.98. The van der Waals surface area contributed by atoms with Gasteiger partial charge >= 0.3 is 6.18 Å². The molecule has 1 aliphatic heterocycles. The number of anilines is 1. The van der Waals surface area contributed by atoms with Crippen LogP contribution in [-0.4, -0.2) is 65.6 Å². The Morgan fingerprint density at radius 1 is 1.16 bits per heavy atom. The van der Waals surface area contributed by atoms with Crippen molar-refractivity contribution < 1.29 is 26.7 Å². The summed E-state index contributed by atoms with van der Waals surface area (Å²) in [5.41, 5.74) is 0.548. The summed E-state index contributed by atoms with van der Waals surface area (Å²) in [6, 6.07) is 1.02. The maximum absolute atomic E-state index is 14.6. The third kappa shape index (κ3) is 5.83. The SMILES string of the molecule is Cc1cc(C)nc(-c2cn(C)nc2C(=O)N2CC(F)(F)C[C@@H](C)C2CNc2ncc(C(F)(F)F)cn2)n1. The van der Waals surface area contributed by atoms with E-state index in [2.05, 4.69) is 30.4 Å². The summed E-state index contributed by atoms with van der Waals surface area (Å²) in [6.07, 6.45) is -2.25. The lowest BCUT2D eigenvalue weighted by molar-refractivity contribution is -0.138. The van der Waals surface area contributed by atoms with Crippen LogP contribution in [0.4, 0.5) is 27.9 Å². The van der Waals surface area contributed by atoms with Crippen LogP contribution in [0.2, 0.25) is 0 Å². The number of carbonyl (C=O) groups is 1. The second-order valence-electron chi connectivity index (χ2n) is 9.25. The number of nitrogens with one attached hydrogen (secondary N) is 1. The first-order valence-corrected chi connectivity index (χ1v) is 11.4. The first-order chi connectivity index (χ1) is 17.2. The molecule has 0 aromatic carbocycles. The van der Waals surface area contributed by atoms with Gasteiger partial charge in [0.2, 0.25) is 5.95 Å². The first kappa shape index (κ1) is 26.4. The Morgan fingerprint density at radius 3 is 2.38 bits per heavy atom. The lowest BCUT2D eigenvalue weighted by Gasteiger charge is -2.43. The zero-order valence-corrected chi connectivity index (χ0v) is 20.5. The second kappa shape index (κ2) is 9.63. The average molecular weight is 524 g/mol. The number of likely N-dealkylation sites (tertiary alicyclic amines) is 1.